The molecule has 0 aliphatic heterocycles. The van der Waals surface area contributed by atoms with Gasteiger partial charge < -0.3 is 10.2 Å². The molecule has 0 saturated heterocycles. The van der Waals surface area contributed by atoms with Crippen LogP contribution in [0.5, 0.6) is 0 Å². The predicted molar refractivity (Wildman–Crippen MR) is 257 cm³/mol. The maximum absolute atomic E-state index is 11.6. The van der Waals surface area contributed by atoms with Crippen molar-refractivity contribution < 1.29 is 19.8 Å². The van der Waals surface area contributed by atoms with E-state index < -0.39 is 11.9 Å². The van der Waals surface area contributed by atoms with E-state index in [-0.39, 0.29) is 5.92 Å². The SMILES string of the molecule is CCCCC/C=C\C/C=C\CCCCCCC(CCCCCCCC/C=C\CCCCCCCC)C(=O)O.CCCCC/C=C\C/C=C\CCCCCCCC(=O)O. The topological polar surface area (TPSA) is 74.6 Å². The van der Waals surface area contributed by atoms with Crippen molar-refractivity contribution in [3.05, 3.63) is 60.8 Å². The Labute approximate surface area is 362 Å². The maximum atomic E-state index is 11.6. The molecule has 0 aromatic carbocycles. The van der Waals surface area contributed by atoms with E-state index in [1.54, 1.807) is 0 Å². The van der Waals surface area contributed by atoms with Crippen molar-refractivity contribution in [3.63, 3.8) is 0 Å². The molecule has 0 aliphatic carbocycles. The summed E-state index contributed by atoms with van der Waals surface area (Å²) in [5.41, 5.74) is 0. The normalized spacial score (nSPS) is 12.5. The Bertz CT molecular complexity index is 974. The van der Waals surface area contributed by atoms with Crippen LogP contribution < -0.4 is 0 Å². The van der Waals surface area contributed by atoms with Gasteiger partial charge in [-0.2, -0.15) is 0 Å². The van der Waals surface area contributed by atoms with E-state index in [0.717, 1.165) is 64.2 Å². The van der Waals surface area contributed by atoms with Crippen molar-refractivity contribution in [2.24, 2.45) is 5.92 Å². The first-order valence-electron chi connectivity index (χ1n) is 25.2. The summed E-state index contributed by atoms with van der Waals surface area (Å²) >= 11 is 0. The average Bonchev–Trinajstić information content (AvgIpc) is 3.21. The summed E-state index contributed by atoms with van der Waals surface area (Å²) in [7, 11) is 0. The maximum Gasteiger partial charge on any atom is 0.306 e. The molecule has 1 unspecified atom stereocenters. The fourth-order valence-corrected chi connectivity index (χ4v) is 7.14. The number of unbranched alkanes of at least 4 members (excludes halogenated alkanes) is 27. The van der Waals surface area contributed by atoms with Crippen LogP contribution in [0.2, 0.25) is 0 Å². The Balaban J connectivity index is 0. The molecule has 0 fully saturated rings. The minimum atomic E-state index is -0.671. The third-order valence-corrected chi connectivity index (χ3v) is 11.0. The van der Waals surface area contributed by atoms with Crippen molar-refractivity contribution in [2.45, 2.75) is 265 Å². The highest BCUT2D eigenvalue weighted by molar-refractivity contribution is 5.69. The average molecular weight is 811 g/mol. The summed E-state index contributed by atoms with van der Waals surface area (Å²) in [6.45, 7) is 6.76. The minimum absolute atomic E-state index is 0.129. The van der Waals surface area contributed by atoms with Crippen LogP contribution in [-0.4, -0.2) is 22.2 Å². The lowest BCUT2D eigenvalue weighted by atomic mass is 9.94. The molecule has 0 spiro atoms. The lowest BCUT2D eigenvalue weighted by Gasteiger charge is -2.12. The number of hydrogen-bond donors (Lipinski definition) is 2. The van der Waals surface area contributed by atoms with Gasteiger partial charge in [0, 0.05) is 6.42 Å². The molecule has 0 aliphatic rings. The molecular formula is C54H98O4. The molecule has 4 nitrogen and oxygen atoms in total. The van der Waals surface area contributed by atoms with Gasteiger partial charge in [0.15, 0.2) is 0 Å². The lowest BCUT2D eigenvalue weighted by molar-refractivity contribution is -0.142. The number of carbonyl (C=O) groups is 2. The van der Waals surface area contributed by atoms with Crippen molar-refractivity contribution in [1.29, 1.82) is 0 Å². The molecule has 1 atom stereocenters. The predicted octanol–water partition coefficient (Wildman–Crippen LogP) is 18.4. The molecule has 0 aromatic heterocycles. The first-order valence-corrected chi connectivity index (χ1v) is 25.2. The molecule has 58 heavy (non-hydrogen) atoms. The van der Waals surface area contributed by atoms with Gasteiger partial charge in [0.05, 0.1) is 5.92 Å². The van der Waals surface area contributed by atoms with Crippen molar-refractivity contribution in [1.82, 2.24) is 0 Å². The monoisotopic (exact) mass is 811 g/mol. The van der Waals surface area contributed by atoms with Gasteiger partial charge in [-0.05, 0) is 109 Å². The Kier molecular flexibility index (Phi) is 52.4. The fourth-order valence-electron chi connectivity index (χ4n) is 7.14. The minimum Gasteiger partial charge on any atom is -0.481 e. The summed E-state index contributed by atoms with van der Waals surface area (Å²) in [5.74, 6) is -1.38. The molecule has 0 rings (SSSR count). The van der Waals surface area contributed by atoms with Crippen LogP contribution in [0.3, 0.4) is 0 Å². The number of carboxylic acids is 2. The fraction of sp³-hybridized carbons (Fsp3) is 0.778. The number of aliphatic carboxylic acids is 2. The van der Waals surface area contributed by atoms with Gasteiger partial charge in [-0.15, -0.1) is 0 Å². The Morgan fingerprint density at radius 1 is 0.345 bits per heavy atom. The second-order valence-electron chi connectivity index (χ2n) is 16.8. The number of carboxylic acid groups (broad SMARTS) is 2. The van der Waals surface area contributed by atoms with Crippen molar-refractivity contribution in [3.8, 4) is 0 Å². The smallest absolute Gasteiger partial charge is 0.306 e. The molecular weight excluding hydrogens is 713 g/mol. The third kappa shape index (κ3) is 53.6. The van der Waals surface area contributed by atoms with Gasteiger partial charge in [0.2, 0.25) is 0 Å². The van der Waals surface area contributed by atoms with Crippen LogP contribution in [0.25, 0.3) is 0 Å². The molecule has 0 amide bonds. The van der Waals surface area contributed by atoms with E-state index in [2.05, 4.69) is 81.5 Å². The second-order valence-corrected chi connectivity index (χ2v) is 16.8. The largest absolute Gasteiger partial charge is 0.481 e. The first kappa shape index (κ1) is 57.7. The zero-order valence-corrected chi connectivity index (χ0v) is 38.9. The summed E-state index contributed by atoms with van der Waals surface area (Å²) in [6.07, 6.45) is 68.3. The summed E-state index contributed by atoms with van der Waals surface area (Å²) < 4.78 is 0. The van der Waals surface area contributed by atoms with Crippen LogP contribution in [0.4, 0.5) is 0 Å². The zero-order valence-electron chi connectivity index (χ0n) is 38.9. The number of hydrogen-bond acceptors (Lipinski definition) is 2. The van der Waals surface area contributed by atoms with Crippen LogP contribution in [0, 0.1) is 5.92 Å². The van der Waals surface area contributed by atoms with Gasteiger partial charge in [-0.25, -0.2) is 0 Å². The van der Waals surface area contributed by atoms with Crippen LogP contribution in [0.1, 0.15) is 265 Å². The highest BCUT2D eigenvalue weighted by Gasteiger charge is 2.16. The molecule has 4 heteroatoms. The van der Waals surface area contributed by atoms with Crippen LogP contribution >= 0.6 is 0 Å². The molecule has 338 valence electrons. The molecule has 0 bridgehead atoms. The standard InChI is InChI=1S/C36H66O2.C18H32O2/c1-3-5-7-9-11-13-15-17-19-20-22-24-26-28-30-32-34-35(36(37)38)33-31-29-27-25-23-21-18-16-14-12-10-8-6-4-2;1-2-3-4-5-6-7-8-9-10-11-12-13-14-15-16-17-18(19)20/h12,14,17-19,21,35H,3-11,13,15-16,20,22-34H2,1-2H3,(H,37,38);6-7,9-10H,2-5,8,11-17H2,1H3,(H,19,20)/b14-12-,19-17-,21-18-;7-6-,10-9-. The van der Waals surface area contributed by atoms with E-state index in [4.69, 9.17) is 5.11 Å². The highest BCUT2D eigenvalue weighted by Crippen LogP contribution is 2.20. The van der Waals surface area contributed by atoms with E-state index in [1.807, 2.05) is 0 Å². The summed E-state index contributed by atoms with van der Waals surface area (Å²) in [6, 6.07) is 0. The van der Waals surface area contributed by atoms with Gasteiger partial charge >= 0.3 is 11.9 Å². The quantitative estimate of drug-likeness (QED) is 0.0475. The Hall–Kier alpha value is -2.36. The number of allylic oxidation sites excluding steroid dienone is 10. The summed E-state index contributed by atoms with van der Waals surface area (Å²) in [5, 5.41) is 18.1. The lowest BCUT2D eigenvalue weighted by Crippen LogP contribution is -2.13. The van der Waals surface area contributed by atoms with Gasteiger partial charge in [0.1, 0.15) is 0 Å². The van der Waals surface area contributed by atoms with E-state index in [0.29, 0.717) is 6.42 Å². The molecule has 0 radical (unpaired) electrons. The molecule has 0 aromatic rings. The van der Waals surface area contributed by atoms with E-state index in [9.17, 15) is 14.7 Å². The van der Waals surface area contributed by atoms with E-state index in [1.165, 1.54) is 173 Å². The molecule has 2 N–H and O–H groups in total. The molecule has 0 saturated carbocycles. The van der Waals surface area contributed by atoms with Crippen LogP contribution in [0.15, 0.2) is 60.8 Å². The number of rotatable bonds is 44. The first-order chi connectivity index (χ1) is 28.5. The van der Waals surface area contributed by atoms with Crippen LogP contribution in [-0.2, 0) is 9.59 Å². The second kappa shape index (κ2) is 52.7. The van der Waals surface area contributed by atoms with Crippen molar-refractivity contribution in [2.75, 3.05) is 0 Å². The Morgan fingerprint density at radius 3 is 0.931 bits per heavy atom. The van der Waals surface area contributed by atoms with Gasteiger partial charge in [-0.3, -0.25) is 9.59 Å². The van der Waals surface area contributed by atoms with Crippen molar-refractivity contribution >= 4 is 11.9 Å². The highest BCUT2D eigenvalue weighted by atomic mass is 16.4. The van der Waals surface area contributed by atoms with Gasteiger partial charge in [0.25, 0.3) is 0 Å². The molecule has 0 heterocycles. The summed E-state index contributed by atoms with van der Waals surface area (Å²) in [4.78, 5) is 22.0. The third-order valence-electron chi connectivity index (χ3n) is 11.0. The zero-order chi connectivity index (χ0) is 42.7. The Morgan fingerprint density at radius 2 is 0.603 bits per heavy atom. The van der Waals surface area contributed by atoms with Gasteiger partial charge in [-0.1, -0.05) is 210 Å². The van der Waals surface area contributed by atoms with E-state index >= 15 is 0 Å².